The van der Waals surface area contributed by atoms with E-state index in [-0.39, 0.29) is 22.9 Å². The van der Waals surface area contributed by atoms with Crippen LogP contribution < -0.4 is 5.76 Å². The summed E-state index contributed by atoms with van der Waals surface area (Å²) in [5.41, 5.74) is 0.600. The third-order valence-electron chi connectivity index (χ3n) is 4.81. The standard InChI is InChI=1S/C16H19N3O6S/c20-15(18-6-8-24-9-7-18)13-2-1-5-19(13)26(22,23)11-3-4-12-14(10-11)25-16(21)17-12/h3-4,10,13H,1-2,5-9H2,(H,17,21)/t13-/m0/s1. The zero-order chi connectivity index (χ0) is 18.3. The molecule has 3 heterocycles. The molecule has 26 heavy (non-hydrogen) atoms. The Balaban J connectivity index is 1.64. The number of amides is 1. The van der Waals surface area contributed by atoms with E-state index < -0.39 is 21.8 Å². The molecule has 1 amide bonds. The van der Waals surface area contributed by atoms with Crippen molar-refractivity contribution in [1.29, 1.82) is 0 Å². The number of sulfonamides is 1. The Morgan fingerprint density at radius 2 is 1.96 bits per heavy atom. The monoisotopic (exact) mass is 381 g/mol. The van der Waals surface area contributed by atoms with E-state index in [1.54, 1.807) is 4.90 Å². The molecule has 1 atom stereocenters. The number of morpholine rings is 1. The summed E-state index contributed by atoms with van der Waals surface area (Å²) in [5.74, 6) is -0.820. The summed E-state index contributed by atoms with van der Waals surface area (Å²) >= 11 is 0. The molecule has 10 heteroatoms. The predicted molar refractivity (Wildman–Crippen MR) is 91.1 cm³/mol. The number of nitrogens with one attached hydrogen (secondary N) is 1. The first kappa shape index (κ1) is 17.3. The minimum atomic E-state index is -3.88. The number of aromatic amines is 1. The molecule has 0 radical (unpaired) electrons. The normalized spacial score (nSPS) is 22.2. The summed E-state index contributed by atoms with van der Waals surface area (Å²) in [6.45, 7) is 2.17. The zero-order valence-corrected chi connectivity index (χ0v) is 14.8. The van der Waals surface area contributed by atoms with Gasteiger partial charge in [0.15, 0.2) is 5.58 Å². The van der Waals surface area contributed by atoms with Gasteiger partial charge in [-0.3, -0.25) is 9.78 Å². The van der Waals surface area contributed by atoms with Gasteiger partial charge in [0.1, 0.15) is 6.04 Å². The second-order valence-corrected chi connectivity index (χ2v) is 8.27. The third-order valence-corrected chi connectivity index (χ3v) is 6.71. The Bertz CT molecular complexity index is 989. The van der Waals surface area contributed by atoms with Gasteiger partial charge in [0, 0.05) is 25.7 Å². The molecule has 0 unspecified atom stereocenters. The van der Waals surface area contributed by atoms with Gasteiger partial charge in [0.2, 0.25) is 15.9 Å². The molecule has 2 aromatic rings. The molecule has 2 fully saturated rings. The van der Waals surface area contributed by atoms with Crippen molar-refractivity contribution in [3.05, 3.63) is 28.7 Å². The first-order valence-electron chi connectivity index (χ1n) is 8.48. The van der Waals surface area contributed by atoms with E-state index >= 15 is 0 Å². The second kappa shape index (κ2) is 6.53. The number of oxazole rings is 1. The van der Waals surface area contributed by atoms with Crippen LogP contribution in [-0.4, -0.2) is 67.4 Å². The maximum absolute atomic E-state index is 13.1. The number of carbonyl (C=O) groups is 1. The summed E-state index contributed by atoms with van der Waals surface area (Å²) in [7, 11) is -3.88. The van der Waals surface area contributed by atoms with Crippen molar-refractivity contribution in [3.8, 4) is 0 Å². The van der Waals surface area contributed by atoms with Crippen LogP contribution in [0.5, 0.6) is 0 Å². The maximum Gasteiger partial charge on any atom is 0.417 e. The van der Waals surface area contributed by atoms with Gasteiger partial charge in [-0.05, 0) is 25.0 Å². The number of nitrogens with zero attached hydrogens (tertiary/aromatic N) is 2. The number of benzene rings is 1. The largest absolute Gasteiger partial charge is 0.417 e. The highest BCUT2D eigenvalue weighted by molar-refractivity contribution is 7.89. The van der Waals surface area contributed by atoms with Crippen molar-refractivity contribution in [2.45, 2.75) is 23.8 Å². The molecular weight excluding hydrogens is 362 g/mol. The van der Waals surface area contributed by atoms with E-state index in [1.165, 1.54) is 22.5 Å². The van der Waals surface area contributed by atoms with Crippen LogP contribution in [0.4, 0.5) is 0 Å². The highest BCUT2D eigenvalue weighted by Gasteiger charge is 2.41. The quantitative estimate of drug-likeness (QED) is 0.809. The minimum Gasteiger partial charge on any atom is -0.408 e. The van der Waals surface area contributed by atoms with E-state index in [9.17, 15) is 18.0 Å². The number of hydrogen-bond donors (Lipinski definition) is 1. The summed E-state index contributed by atoms with van der Waals surface area (Å²) in [6.07, 6.45) is 1.12. The van der Waals surface area contributed by atoms with Crippen LogP contribution in [0.25, 0.3) is 11.1 Å². The molecule has 140 valence electrons. The van der Waals surface area contributed by atoms with Gasteiger partial charge in [0.25, 0.3) is 0 Å². The Kier molecular flexibility index (Phi) is 4.33. The average molecular weight is 381 g/mol. The van der Waals surface area contributed by atoms with E-state index in [4.69, 9.17) is 9.15 Å². The lowest BCUT2D eigenvalue weighted by Gasteiger charge is -2.32. The van der Waals surface area contributed by atoms with Gasteiger partial charge in [0.05, 0.1) is 23.6 Å². The van der Waals surface area contributed by atoms with Crippen molar-refractivity contribution in [2.75, 3.05) is 32.8 Å². The molecule has 0 bridgehead atoms. The van der Waals surface area contributed by atoms with Crippen molar-refractivity contribution in [3.63, 3.8) is 0 Å². The fourth-order valence-electron chi connectivity index (χ4n) is 3.49. The van der Waals surface area contributed by atoms with Gasteiger partial charge in [-0.1, -0.05) is 0 Å². The Labute approximate surface area is 149 Å². The van der Waals surface area contributed by atoms with E-state index in [0.717, 1.165) is 0 Å². The third kappa shape index (κ3) is 2.93. The SMILES string of the molecule is O=C([C@@H]1CCCN1S(=O)(=O)c1ccc2[nH]c(=O)oc2c1)N1CCOCC1. The second-order valence-electron chi connectivity index (χ2n) is 6.38. The number of H-pyrrole nitrogens is 1. The molecule has 0 aliphatic carbocycles. The molecule has 9 nitrogen and oxygen atoms in total. The van der Waals surface area contributed by atoms with Crippen molar-refractivity contribution in [2.24, 2.45) is 0 Å². The van der Waals surface area contributed by atoms with Crippen LogP contribution in [0.1, 0.15) is 12.8 Å². The molecule has 2 aliphatic heterocycles. The Morgan fingerprint density at radius 3 is 2.73 bits per heavy atom. The topological polar surface area (TPSA) is 113 Å². The fourth-order valence-corrected chi connectivity index (χ4v) is 5.16. The van der Waals surface area contributed by atoms with E-state index in [2.05, 4.69) is 4.98 Å². The van der Waals surface area contributed by atoms with Crippen LogP contribution in [0.2, 0.25) is 0 Å². The number of fused-ring (bicyclic) bond motifs is 1. The lowest BCUT2D eigenvalue weighted by atomic mass is 10.2. The number of rotatable bonds is 3. The lowest BCUT2D eigenvalue weighted by molar-refractivity contribution is -0.138. The van der Waals surface area contributed by atoms with Crippen molar-refractivity contribution < 1.29 is 22.4 Å². The molecule has 0 saturated carbocycles. The molecule has 2 aliphatic rings. The first-order chi connectivity index (χ1) is 12.5. The highest BCUT2D eigenvalue weighted by atomic mass is 32.2. The van der Waals surface area contributed by atoms with Crippen molar-refractivity contribution in [1.82, 2.24) is 14.2 Å². The Hall–Kier alpha value is -2.17. The summed E-state index contributed by atoms with van der Waals surface area (Å²) in [5, 5.41) is 0. The fraction of sp³-hybridized carbons (Fsp3) is 0.500. The molecular formula is C16H19N3O6S. The minimum absolute atomic E-state index is 0.00873. The Morgan fingerprint density at radius 1 is 1.19 bits per heavy atom. The number of hydrogen-bond acceptors (Lipinski definition) is 6. The molecule has 1 aromatic heterocycles. The average Bonchev–Trinajstić information content (AvgIpc) is 3.27. The van der Waals surface area contributed by atoms with Crippen LogP contribution in [0.3, 0.4) is 0 Å². The number of aromatic nitrogens is 1. The predicted octanol–water partition coefficient (Wildman–Crippen LogP) is 0.133. The smallest absolute Gasteiger partial charge is 0.408 e. The first-order valence-corrected chi connectivity index (χ1v) is 9.92. The summed E-state index contributed by atoms with van der Waals surface area (Å²) in [4.78, 5) is 28.2. The van der Waals surface area contributed by atoms with E-state index in [0.29, 0.717) is 44.7 Å². The molecule has 1 N–H and O–H groups in total. The number of ether oxygens (including phenoxy) is 1. The van der Waals surface area contributed by atoms with Crippen LogP contribution in [0.15, 0.2) is 32.3 Å². The van der Waals surface area contributed by atoms with Crippen LogP contribution in [0, 0.1) is 0 Å². The van der Waals surface area contributed by atoms with Gasteiger partial charge in [-0.15, -0.1) is 0 Å². The molecule has 1 aromatic carbocycles. The lowest BCUT2D eigenvalue weighted by Crippen LogP contribution is -2.50. The number of carbonyl (C=O) groups excluding carboxylic acids is 1. The van der Waals surface area contributed by atoms with Crippen LogP contribution in [-0.2, 0) is 19.6 Å². The zero-order valence-electron chi connectivity index (χ0n) is 14.0. The summed E-state index contributed by atoms with van der Waals surface area (Å²) < 4.78 is 37.6. The van der Waals surface area contributed by atoms with E-state index in [1.807, 2.05) is 0 Å². The maximum atomic E-state index is 13.1. The van der Waals surface area contributed by atoms with Crippen LogP contribution >= 0.6 is 0 Å². The van der Waals surface area contributed by atoms with Gasteiger partial charge >= 0.3 is 5.76 Å². The molecule has 2 saturated heterocycles. The highest BCUT2D eigenvalue weighted by Crippen LogP contribution is 2.28. The van der Waals surface area contributed by atoms with Gasteiger partial charge in [-0.25, -0.2) is 13.2 Å². The van der Waals surface area contributed by atoms with Gasteiger partial charge < -0.3 is 14.1 Å². The van der Waals surface area contributed by atoms with Crippen molar-refractivity contribution >= 4 is 27.0 Å². The summed E-state index contributed by atoms with van der Waals surface area (Å²) in [6, 6.07) is 3.52. The molecule has 4 rings (SSSR count). The molecule has 0 spiro atoms. The van der Waals surface area contributed by atoms with Gasteiger partial charge in [-0.2, -0.15) is 4.31 Å².